The van der Waals surface area contributed by atoms with Crippen LogP contribution in [-0.4, -0.2) is 34.8 Å². The number of hydrogen-bond acceptors (Lipinski definition) is 5. The Hall–Kier alpha value is -3.10. The highest BCUT2D eigenvalue weighted by Gasteiger charge is 2.32. The molecule has 1 fully saturated rings. The predicted octanol–water partition coefficient (Wildman–Crippen LogP) is 2.89. The second-order valence-electron chi connectivity index (χ2n) is 7.04. The van der Waals surface area contributed by atoms with Crippen molar-refractivity contribution in [3.8, 4) is 17.2 Å². The van der Waals surface area contributed by atoms with Crippen LogP contribution in [0.4, 0.5) is 10.1 Å². The molecule has 0 amide bonds. The van der Waals surface area contributed by atoms with E-state index in [0.29, 0.717) is 30.0 Å². The lowest BCUT2D eigenvalue weighted by molar-refractivity contribution is 0.0695. The van der Waals surface area contributed by atoms with Gasteiger partial charge in [0.25, 0.3) is 0 Å². The Labute approximate surface area is 170 Å². The molecule has 0 radical (unpaired) electrons. The molecule has 5 rings (SSSR count). The highest BCUT2D eigenvalue weighted by atomic mass is 35.5. The molecular formula is C20H17ClFN3O4. The van der Waals surface area contributed by atoms with Crippen molar-refractivity contribution in [2.75, 3.05) is 18.0 Å². The Morgan fingerprint density at radius 1 is 1.31 bits per heavy atom. The Bertz CT molecular complexity index is 1230. The van der Waals surface area contributed by atoms with Gasteiger partial charge in [-0.25, -0.2) is 9.18 Å². The number of aromatic nitrogens is 1. The molecule has 2 aliphatic rings. The smallest absolute Gasteiger partial charge is 0.341 e. The number of para-hydroxylation sites is 2. The molecule has 1 atom stereocenters. The van der Waals surface area contributed by atoms with Crippen LogP contribution in [0.5, 0.6) is 11.5 Å². The van der Waals surface area contributed by atoms with E-state index < -0.39 is 22.8 Å². The highest BCUT2D eigenvalue weighted by molar-refractivity contribution is 5.99. The molecule has 3 N–H and O–H groups in total. The average Bonchev–Trinajstić information content (AvgIpc) is 3.09. The van der Waals surface area contributed by atoms with E-state index in [0.717, 1.165) is 12.5 Å². The van der Waals surface area contributed by atoms with Gasteiger partial charge in [-0.3, -0.25) is 4.79 Å². The molecule has 7 nitrogen and oxygen atoms in total. The first-order valence-electron chi connectivity index (χ1n) is 8.88. The minimum absolute atomic E-state index is 0. The van der Waals surface area contributed by atoms with E-state index >= 15 is 4.39 Å². The van der Waals surface area contributed by atoms with E-state index in [1.807, 2.05) is 4.90 Å². The maximum absolute atomic E-state index is 15.1. The summed E-state index contributed by atoms with van der Waals surface area (Å²) in [7, 11) is 0. The molecule has 2 aromatic carbocycles. The van der Waals surface area contributed by atoms with Crippen molar-refractivity contribution in [2.24, 2.45) is 5.73 Å². The van der Waals surface area contributed by atoms with Crippen LogP contribution in [0.1, 0.15) is 16.8 Å². The number of nitrogens with two attached hydrogens (primary N) is 1. The monoisotopic (exact) mass is 417 g/mol. The van der Waals surface area contributed by atoms with Crippen LogP contribution in [0.2, 0.25) is 0 Å². The predicted molar refractivity (Wildman–Crippen MR) is 109 cm³/mol. The third-order valence-electron chi connectivity index (χ3n) is 5.28. The van der Waals surface area contributed by atoms with Crippen molar-refractivity contribution in [1.29, 1.82) is 0 Å². The maximum atomic E-state index is 15.1. The number of pyridine rings is 1. The summed E-state index contributed by atoms with van der Waals surface area (Å²) in [5.74, 6) is -1.35. The number of carbonyl (C=O) groups is 1. The highest BCUT2D eigenvalue weighted by Crippen LogP contribution is 2.46. The second-order valence-corrected chi connectivity index (χ2v) is 7.04. The Kier molecular flexibility index (Phi) is 4.48. The summed E-state index contributed by atoms with van der Waals surface area (Å²) in [6.45, 7) is 1.04. The van der Waals surface area contributed by atoms with Crippen LogP contribution in [0, 0.1) is 5.82 Å². The second kappa shape index (κ2) is 6.75. The molecule has 0 spiro atoms. The van der Waals surface area contributed by atoms with Crippen LogP contribution >= 0.6 is 12.4 Å². The van der Waals surface area contributed by atoms with E-state index in [9.17, 15) is 14.7 Å². The Balaban J connectivity index is 0.00000205. The lowest BCUT2D eigenvalue weighted by Crippen LogP contribution is -2.28. The van der Waals surface area contributed by atoms with Crippen LogP contribution in [0.3, 0.4) is 0 Å². The van der Waals surface area contributed by atoms with Gasteiger partial charge in [0.05, 0.1) is 11.1 Å². The van der Waals surface area contributed by atoms with Gasteiger partial charge in [0.15, 0.2) is 17.3 Å². The number of halogens is 2. The number of nitrogens with zero attached hydrogens (tertiary/aromatic N) is 2. The van der Waals surface area contributed by atoms with Crippen molar-refractivity contribution >= 4 is 35.0 Å². The van der Waals surface area contributed by atoms with Gasteiger partial charge in [0.2, 0.25) is 5.43 Å². The topological polar surface area (TPSA) is 97.8 Å². The van der Waals surface area contributed by atoms with Gasteiger partial charge in [-0.05, 0) is 24.6 Å². The zero-order valence-corrected chi connectivity index (χ0v) is 15.9. The molecule has 1 aromatic heterocycles. The summed E-state index contributed by atoms with van der Waals surface area (Å²) in [6, 6.07) is 8.04. The summed E-state index contributed by atoms with van der Waals surface area (Å²) in [6.07, 6.45) is 1.99. The summed E-state index contributed by atoms with van der Waals surface area (Å²) in [4.78, 5) is 26.1. The van der Waals surface area contributed by atoms with Crippen molar-refractivity contribution in [3.05, 3.63) is 58.1 Å². The summed E-state index contributed by atoms with van der Waals surface area (Å²) in [5.41, 5.74) is 6.00. The lowest BCUT2D eigenvalue weighted by atomic mass is 10.1. The molecule has 2 aliphatic heterocycles. The van der Waals surface area contributed by atoms with Gasteiger partial charge in [0.1, 0.15) is 16.8 Å². The number of carboxylic acid groups (broad SMARTS) is 1. The van der Waals surface area contributed by atoms with E-state index in [2.05, 4.69) is 0 Å². The number of aromatic carboxylic acids is 1. The van der Waals surface area contributed by atoms with Crippen LogP contribution in [-0.2, 0) is 0 Å². The molecular weight excluding hydrogens is 401 g/mol. The molecule has 3 heterocycles. The van der Waals surface area contributed by atoms with Crippen molar-refractivity contribution < 1.29 is 19.0 Å². The van der Waals surface area contributed by atoms with Crippen LogP contribution in [0.25, 0.3) is 16.6 Å². The minimum atomic E-state index is -1.36. The van der Waals surface area contributed by atoms with Gasteiger partial charge in [-0.1, -0.05) is 12.1 Å². The number of carboxylic acids is 1. The van der Waals surface area contributed by atoms with Crippen LogP contribution in [0.15, 0.2) is 41.3 Å². The van der Waals surface area contributed by atoms with E-state index in [-0.39, 0.29) is 35.3 Å². The molecule has 9 heteroatoms. The SMILES string of the molecule is Cl.N[C@H]1CCN(c2c(F)cc3c(=O)c(C(=O)O)cn4c3c2Oc2ccccc2-4)C1. The van der Waals surface area contributed by atoms with Crippen molar-refractivity contribution in [1.82, 2.24) is 4.57 Å². The summed E-state index contributed by atoms with van der Waals surface area (Å²) >= 11 is 0. The number of fused-ring (bicyclic) bond motifs is 2. The van der Waals surface area contributed by atoms with Gasteiger partial charge in [-0.2, -0.15) is 0 Å². The molecule has 29 heavy (non-hydrogen) atoms. The van der Waals surface area contributed by atoms with Gasteiger partial charge < -0.3 is 25.0 Å². The van der Waals surface area contributed by atoms with Crippen LogP contribution < -0.4 is 20.8 Å². The summed E-state index contributed by atoms with van der Waals surface area (Å²) in [5, 5.41) is 9.41. The first kappa shape index (κ1) is 19.2. The van der Waals surface area contributed by atoms with Gasteiger partial charge in [0, 0.05) is 25.3 Å². The number of hydrogen-bond donors (Lipinski definition) is 2. The van der Waals surface area contributed by atoms with E-state index in [4.69, 9.17) is 10.5 Å². The molecule has 150 valence electrons. The molecule has 1 saturated heterocycles. The van der Waals surface area contributed by atoms with Crippen molar-refractivity contribution in [3.63, 3.8) is 0 Å². The van der Waals surface area contributed by atoms with Gasteiger partial charge >= 0.3 is 5.97 Å². The third-order valence-corrected chi connectivity index (χ3v) is 5.28. The molecule has 0 saturated carbocycles. The van der Waals surface area contributed by atoms with Crippen molar-refractivity contribution in [2.45, 2.75) is 12.5 Å². The first-order valence-corrected chi connectivity index (χ1v) is 8.88. The van der Waals surface area contributed by atoms with E-state index in [1.54, 1.807) is 28.8 Å². The fourth-order valence-corrected chi connectivity index (χ4v) is 3.99. The number of ether oxygens (including phenoxy) is 1. The Morgan fingerprint density at radius 3 is 2.76 bits per heavy atom. The quantitative estimate of drug-likeness (QED) is 0.520. The fraction of sp³-hybridized carbons (Fsp3) is 0.200. The Morgan fingerprint density at radius 2 is 2.07 bits per heavy atom. The molecule has 0 aliphatic carbocycles. The number of rotatable bonds is 2. The largest absolute Gasteiger partial charge is 0.477 e. The minimum Gasteiger partial charge on any atom is -0.477 e. The lowest BCUT2D eigenvalue weighted by Gasteiger charge is -2.29. The number of anilines is 1. The van der Waals surface area contributed by atoms with Gasteiger partial charge in [-0.15, -0.1) is 12.4 Å². The standard InChI is InChI=1S/C20H16FN3O4.ClH/c21-13-7-11-16-19(17(13)23-6-5-10(22)8-23)28-15-4-2-1-3-14(15)24(16)9-12(18(11)25)20(26)27;/h1-4,7,9-10H,5-6,8,22H2,(H,26,27);1H/t10-;/m0./s1. The number of benzene rings is 2. The first-order chi connectivity index (χ1) is 13.5. The molecule has 0 bridgehead atoms. The molecule has 0 unspecified atom stereocenters. The van der Waals surface area contributed by atoms with E-state index in [1.165, 1.54) is 6.20 Å². The normalized spacial score (nSPS) is 16.9. The summed E-state index contributed by atoms with van der Waals surface area (Å²) < 4.78 is 22.8. The fourth-order valence-electron chi connectivity index (χ4n) is 3.99. The molecule has 3 aromatic rings. The maximum Gasteiger partial charge on any atom is 0.341 e. The average molecular weight is 418 g/mol. The zero-order chi connectivity index (χ0) is 19.6. The zero-order valence-electron chi connectivity index (χ0n) is 15.1. The third kappa shape index (κ3) is 2.75.